The molecule has 1 rings (SSSR count). The van der Waals surface area contributed by atoms with E-state index in [0.29, 0.717) is 6.54 Å². The molecule has 1 N–H and O–H groups in total. The Morgan fingerprint density at radius 1 is 1.31 bits per heavy atom. The maximum atomic E-state index is 10.2. The molecule has 0 atom stereocenters. The van der Waals surface area contributed by atoms with Crippen molar-refractivity contribution in [3.8, 4) is 0 Å². The molecule has 16 heavy (non-hydrogen) atoms. The van der Waals surface area contributed by atoms with Crippen LogP contribution in [-0.4, -0.2) is 11.5 Å². The van der Waals surface area contributed by atoms with Crippen LogP contribution in [0.4, 0.5) is 0 Å². The van der Waals surface area contributed by atoms with Crippen LogP contribution in [0.15, 0.2) is 42.7 Å². The minimum absolute atomic E-state index is 0.125. The number of nitrogens with one attached hydrogen (secondary N) is 1. The van der Waals surface area contributed by atoms with Crippen LogP contribution in [0, 0.1) is 10.1 Å². The van der Waals surface area contributed by atoms with Gasteiger partial charge in [0.2, 0.25) is 0 Å². The number of rotatable bonds is 7. The van der Waals surface area contributed by atoms with Gasteiger partial charge in [0.15, 0.2) is 0 Å². The molecule has 0 aliphatic heterocycles. The van der Waals surface area contributed by atoms with Gasteiger partial charge in [-0.3, -0.25) is 5.32 Å². The molecular weight excluding hydrogens is 204 g/mol. The minimum atomic E-state index is -0.503. The fourth-order valence-corrected chi connectivity index (χ4v) is 1.40. The van der Waals surface area contributed by atoms with Gasteiger partial charge in [-0.25, -0.2) is 0 Å². The Kier molecular flexibility index (Phi) is 5.05. The molecule has 0 saturated heterocycles. The van der Waals surface area contributed by atoms with Crippen molar-refractivity contribution in [3.05, 3.63) is 58.4 Å². The van der Waals surface area contributed by atoms with Crippen molar-refractivity contribution in [1.82, 2.24) is 5.32 Å². The fraction of sp³-hybridized carbons (Fsp3) is 0.333. The highest BCUT2D eigenvalue weighted by Gasteiger charge is 2.01. The molecule has 0 radical (unpaired) electrons. The van der Waals surface area contributed by atoms with Crippen molar-refractivity contribution in [3.63, 3.8) is 0 Å². The van der Waals surface area contributed by atoms with Crippen LogP contribution in [0.2, 0.25) is 0 Å². The highest BCUT2D eigenvalue weighted by molar-refractivity contribution is 5.14. The third kappa shape index (κ3) is 4.59. The van der Waals surface area contributed by atoms with Gasteiger partial charge >= 0.3 is 5.82 Å². The molecule has 1 aromatic rings. The zero-order valence-electron chi connectivity index (χ0n) is 9.19. The van der Waals surface area contributed by atoms with Crippen molar-refractivity contribution >= 4 is 0 Å². The molecule has 4 heteroatoms. The third-order valence-electron chi connectivity index (χ3n) is 2.28. The van der Waals surface area contributed by atoms with E-state index in [-0.39, 0.29) is 5.82 Å². The van der Waals surface area contributed by atoms with E-state index in [1.807, 2.05) is 18.2 Å². The van der Waals surface area contributed by atoms with Gasteiger partial charge in [-0.2, -0.15) is 0 Å². The number of benzene rings is 1. The largest absolute Gasteiger partial charge is 0.358 e. The number of nitro groups is 1. The van der Waals surface area contributed by atoms with Gasteiger partial charge in [0, 0.05) is 0 Å². The first-order valence-corrected chi connectivity index (χ1v) is 5.31. The third-order valence-corrected chi connectivity index (χ3v) is 2.28. The van der Waals surface area contributed by atoms with E-state index >= 15 is 0 Å². The summed E-state index contributed by atoms with van der Waals surface area (Å²) in [5.41, 5.74) is 1.30. The maximum absolute atomic E-state index is 10.2. The number of aryl methyl sites for hydroxylation is 1. The molecule has 0 unspecified atom stereocenters. The summed E-state index contributed by atoms with van der Waals surface area (Å²) in [5.74, 6) is -0.125. The van der Waals surface area contributed by atoms with Crippen molar-refractivity contribution in [1.29, 1.82) is 0 Å². The Balaban J connectivity index is 2.09. The number of nitrogens with zero attached hydrogens (tertiary/aromatic N) is 1. The number of unbranched alkanes of at least 4 members (excludes halogenated alkanes) is 1. The lowest BCUT2D eigenvalue weighted by atomic mass is 10.1. The minimum Gasteiger partial charge on any atom is -0.358 e. The lowest BCUT2D eigenvalue weighted by Gasteiger charge is -2.02. The molecule has 0 fully saturated rings. The van der Waals surface area contributed by atoms with E-state index in [1.54, 1.807) is 0 Å². The summed E-state index contributed by atoms with van der Waals surface area (Å²) in [6, 6.07) is 10.2. The van der Waals surface area contributed by atoms with E-state index in [1.165, 1.54) is 5.56 Å². The average Bonchev–Trinajstić information content (AvgIpc) is 2.29. The quantitative estimate of drug-likeness (QED) is 0.436. The zero-order valence-corrected chi connectivity index (χ0v) is 9.19. The molecule has 0 heterocycles. The van der Waals surface area contributed by atoms with E-state index in [2.05, 4.69) is 24.0 Å². The molecule has 1 aromatic carbocycles. The second-order valence-electron chi connectivity index (χ2n) is 3.57. The first kappa shape index (κ1) is 12.2. The number of hydrogen-bond donors (Lipinski definition) is 1. The lowest BCUT2D eigenvalue weighted by molar-refractivity contribution is -0.431. The molecular formula is C12H16N2O2. The van der Waals surface area contributed by atoms with Crippen molar-refractivity contribution in [2.24, 2.45) is 0 Å². The van der Waals surface area contributed by atoms with Gasteiger partial charge in [0.25, 0.3) is 0 Å². The number of hydrogen-bond acceptors (Lipinski definition) is 3. The fourth-order valence-electron chi connectivity index (χ4n) is 1.40. The monoisotopic (exact) mass is 220 g/mol. The molecule has 0 aliphatic rings. The van der Waals surface area contributed by atoms with E-state index in [4.69, 9.17) is 0 Å². The Hall–Kier alpha value is -1.84. The van der Waals surface area contributed by atoms with Crippen molar-refractivity contribution in [2.45, 2.75) is 19.3 Å². The molecule has 0 bridgehead atoms. The lowest BCUT2D eigenvalue weighted by Crippen LogP contribution is -2.19. The van der Waals surface area contributed by atoms with Crippen LogP contribution in [0.25, 0.3) is 0 Å². The summed E-state index contributed by atoms with van der Waals surface area (Å²) in [6.45, 7) is 3.90. The van der Waals surface area contributed by atoms with Gasteiger partial charge < -0.3 is 10.1 Å². The molecule has 0 saturated carbocycles. The van der Waals surface area contributed by atoms with Gasteiger partial charge in [-0.15, -0.1) is 0 Å². The van der Waals surface area contributed by atoms with Crippen molar-refractivity contribution < 1.29 is 4.92 Å². The highest BCUT2D eigenvalue weighted by atomic mass is 16.6. The van der Waals surface area contributed by atoms with Crippen LogP contribution in [0.3, 0.4) is 0 Å². The summed E-state index contributed by atoms with van der Waals surface area (Å²) >= 11 is 0. The van der Waals surface area contributed by atoms with E-state index in [9.17, 15) is 10.1 Å². The second-order valence-corrected chi connectivity index (χ2v) is 3.57. The predicted molar refractivity (Wildman–Crippen MR) is 63.5 cm³/mol. The van der Waals surface area contributed by atoms with Crippen LogP contribution in [-0.2, 0) is 6.42 Å². The SMILES string of the molecule is C=C(NCCCCc1ccccc1)[N+](=O)[O-]. The summed E-state index contributed by atoms with van der Waals surface area (Å²) in [5, 5.41) is 12.9. The summed E-state index contributed by atoms with van der Waals surface area (Å²) in [6.07, 6.45) is 2.93. The first-order chi connectivity index (χ1) is 7.70. The smallest absolute Gasteiger partial charge is 0.308 e. The molecule has 4 nitrogen and oxygen atoms in total. The van der Waals surface area contributed by atoms with Gasteiger partial charge in [0.1, 0.15) is 0 Å². The Bertz CT molecular complexity index is 349. The highest BCUT2D eigenvalue weighted by Crippen LogP contribution is 2.03. The van der Waals surface area contributed by atoms with Crippen LogP contribution >= 0.6 is 0 Å². The van der Waals surface area contributed by atoms with Gasteiger partial charge in [-0.05, 0) is 36.3 Å². The van der Waals surface area contributed by atoms with Crippen LogP contribution < -0.4 is 5.32 Å². The summed E-state index contributed by atoms with van der Waals surface area (Å²) < 4.78 is 0. The molecule has 86 valence electrons. The topological polar surface area (TPSA) is 55.2 Å². The van der Waals surface area contributed by atoms with Gasteiger partial charge in [-0.1, -0.05) is 30.3 Å². The molecule has 0 amide bonds. The summed E-state index contributed by atoms with van der Waals surface area (Å²) in [7, 11) is 0. The molecule has 0 spiro atoms. The van der Waals surface area contributed by atoms with Crippen molar-refractivity contribution in [2.75, 3.05) is 6.54 Å². The second kappa shape index (κ2) is 6.61. The summed E-state index contributed by atoms with van der Waals surface area (Å²) in [4.78, 5) is 9.73. The Labute approximate surface area is 95.1 Å². The normalized spacial score (nSPS) is 9.75. The van der Waals surface area contributed by atoms with E-state index < -0.39 is 4.92 Å². The van der Waals surface area contributed by atoms with Crippen LogP contribution in [0.1, 0.15) is 18.4 Å². The standard InChI is InChI=1S/C12H16N2O2/c1-11(14(15)16)13-10-6-5-9-12-7-3-2-4-8-12/h2-4,7-8,13H,1,5-6,9-10H2. The Morgan fingerprint density at radius 3 is 2.62 bits per heavy atom. The predicted octanol–water partition coefficient (Wildman–Crippen LogP) is 2.35. The molecule has 0 aliphatic carbocycles. The maximum Gasteiger partial charge on any atom is 0.308 e. The average molecular weight is 220 g/mol. The van der Waals surface area contributed by atoms with Gasteiger partial charge in [0.05, 0.1) is 6.54 Å². The van der Waals surface area contributed by atoms with E-state index in [0.717, 1.165) is 19.3 Å². The first-order valence-electron chi connectivity index (χ1n) is 5.31. The van der Waals surface area contributed by atoms with Crippen LogP contribution in [0.5, 0.6) is 0 Å². The Morgan fingerprint density at radius 2 is 2.00 bits per heavy atom. The molecule has 0 aromatic heterocycles. The zero-order chi connectivity index (χ0) is 11.8.